The summed E-state index contributed by atoms with van der Waals surface area (Å²) in [5.74, 6) is 0. The first kappa shape index (κ1) is 7.06. The first-order valence-electron chi connectivity index (χ1n) is 3.28. The highest BCUT2D eigenvalue weighted by Gasteiger charge is 1.99. The molecule has 0 saturated heterocycles. The third-order valence-corrected chi connectivity index (χ3v) is 1.55. The summed E-state index contributed by atoms with van der Waals surface area (Å²) in [4.78, 5) is 0. The topological polar surface area (TPSA) is 17.8 Å². The normalized spacial score (nSPS) is 9.90. The van der Waals surface area contributed by atoms with E-state index in [1.54, 1.807) is 0 Å². The molecule has 0 aliphatic heterocycles. The maximum atomic E-state index is 4.23. The van der Waals surface area contributed by atoms with Crippen LogP contribution in [0.25, 0.3) is 5.57 Å². The van der Waals surface area contributed by atoms with Gasteiger partial charge in [-0.15, -0.1) is 0 Å². The zero-order valence-corrected chi connectivity index (χ0v) is 6.68. The van der Waals surface area contributed by atoms with E-state index < -0.39 is 0 Å². The number of hydrogen-bond acceptors (Lipinski definition) is 1. The van der Waals surface area contributed by atoms with Gasteiger partial charge in [-0.25, -0.2) is 0 Å². The summed E-state index contributed by atoms with van der Waals surface area (Å²) in [6.07, 6.45) is 0. The lowest BCUT2D eigenvalue weighted by molar-refractivity contribution is 0.736. The molecule has 0 saturated carbocycles. The van der Waals surface area contributed by atoms with E-state index in [1.807, 2.05) is 31.6 Å². The smallest absolute Gasteiger partial charge is 0.0876 e. The lowest BCUT2D eigenvalue weighted by Crippen LogP contribution is -1.92. The van der Waals surface area contributed by atoms with Crippen LogP contribution in [0.1, 0.15) is 18.3 Å². The minimum absolute atomic E-state index is 0.986. The van der Waals surface area contributed by atoms with Crippen molar-refractivity contribution in [2.45, 2.75) is 13.8 Å². The Labute approximate surface area is 61.2 Å². The van der Waals surface area contributed by atoms with E-state index in [0.717, 1.165) is 17.0 Å². The largest absolute Gasteiger partial charge is 0.272 e. The summed E-state index contributed by atoms with van der Waals surface area (Å²) in [7, 11) is 1.93. The molecule has 0 aromatic carbocycles. The van der Waals surface area contributed by atoms with Gasteiger partial charge in [0.05, 0.1) is 5.69 Å². The molecule has 1 aromatic heterocycles. The fourth-order valence-corrected chi connectivity index (χ4v) is 0.769. The number of hydrogen-bond donors (Lipinski definition) is 0. The molecule has 54 valence electrons. The van der Waals surface area contributed by atoms with Gasteiger partial charge in [0, 0.05) is 12.7 Å². The molecule has 1 rings (SSSR count). The molecular formula is C8H12N2. The first-order valence-corrected chi connectivity index (χ1v) is 3.28. The van der Waals surface area contributed by atoms with E-state index in [-0.39, 0.29) is 0 Å². The van der Waals surface area contributed by atoms with Gasteiger partial charge in [0.1, 0.15) is 0 Å². The molecule has 10 heavy (non-hydrogen) atoms. The minimum atomic E-state index is 0.986. The van der Waals surface area contributed by atoms with Crippen LogP contribution >= 0.6 is 0 Å². The van der Waals surface area contributed by atoms with Gasteiger partial charge in [0.25, 0.3) is 0 Å². The van der Waals surface area contributed by atoms with E-state index in [1.165, 1.54) is 0 Å². The van der Waals surface area contributed by atoms with Crippen molar-refractivity contribution in [2.24, 2.45) is 7.05 Å². The van der Waals surface area contributed by atoms with Gasteiger partial charge >= 0.3 is 0 Å². The van der Waals surface area contributed by atoms with Crippen LogP contribution in [0.5, 0.6) is 0 Å². The van der Waals surface area contributed by atoms with Crippen molar-refractivity contribution in [1.82, 2.24) is 9.78 Å². The third-order valence-electron chi connectivity index (χ3n) is 1.55. The molecule has 2 nitrogen and oxygen atoms in total. The Morgan fingerprint density at radius 1 is 1.70 bits per heavy atom. The van der Waals surface area contributed by atoms with E-state index in [0.29, 0.717) is 0 Å². The molecule has 0 spiro atoms. The number of aromatic nitrogens is 2. The Bertz CT molecular complexity index is 239. The van der Waals surface area contributed by atoms with Crippen molar-refractivity contribution >= 4 is 5.57 Å². The van der Waals surface area contributed by atoms with Crippen molar-refractivity contribution in [1.29, 1.82) is 0 Å². The Morgan fingerprint density at radius 3 is 2.50 bits per heavy atom. The molecule has 0 amide bonds. The lowest BCUT2D eigenvalue weighted by Gasteiger charge is -1.89. The molecule has 0 atom stereocenters. The number of allylic oxidation sites excluding steroid dienone is 1. The summed E-state index contributed by atoms with van der Waals surface area (Å²) in [5.41, 5.74) is 3.17. The maximum Gasteiger partial charge on any atom is 0.0876 e. The predicted molar refractivity (Wildman–Crippen MR) is 42.7 cm³/mol. The zero-order chi connectivity index (χ0) is 7.72. The van der Waals surface area contributed by atoms with Crippen molar-refractivity contribution in [3.8, 4) is 0 Å². The second kappa shape index (κ2) is 2.29. The molecule has 1 aromatic rings. The fourth-order valence-electron chi connectivity index (χ4n) is 0.769. The van der Waals surface area contributed by atoms with Crippen LogP contribution in [0.4, 0.5) is 0 Å². The fraction of sp³-hybridized carbons (Fsp3) is 0.375. The Kier molecular flexibility index (Phi) is 1.62. The van der Waals surface area contributed by atoms with E-state index >= 15 is 0 Å². The van der Waals surface area contributed by atoms with Crippen LogP contribution in [0.15, 0.2) is 12.6 Å². The quantitative estimate of drug-likeness (QED) is 0.575. The molecule has 0 aliphatic rings. The minimum Gasteiger partial charge on any atom is -0.272 e. The second-order valence-electron chi connectivity index (χ2n) is 2.57. The second-order valence-corrected chi connectivity index (χ2v) is 2.57. The van der Waals surface area contributed by atoms with Crippen molar-refractivity contribution in [3.63, 3.8) is 0 Å². The zero-order valence-electron chi connectivity index (χ0n) is 6.68. The number of aryl methyl sites for hydroxylation is 2. The summed E-state index contributed by atoms with van der Waals surface area (Å²) >= 11 is 0. The molecule has 0 N–H and O–H groups in total. The van der Waals surface area contributed by atoms with Gasteiger partial charge in [-0.3, -0.25) is 4.68 Å². The molecule has 0 fully saturated rings. The van der Waals surface area contributed by atoms with Crippen LogP contribution in [0, 0.1) is 6.92 Å². The maximum absolute atomic E-state index is 4.23. The van der Waals surface area contributed by atoms with Crippen LogP contribution in [-0.2, 0) is 7.05 Å². The van der Waals surface area contributed by atoms with Gasteiger partial charge in [0.15, 0.2) is 0 Å². The first-order chi connectivity index (χ1) is 4.61. The Hall–Kier alpha value is -1.05. The van der Waals surface area contributed by atoms with E-state index in [9.17, 15) is 0 Å². The van der Waals surface area contributed by atoms with E-state index in [2.05, 4.69) is 11.7 Å². The highest BCUT2D eigenvalue weighted by Crippen LogP contribution is 2.09. The summed E-state index contributed by atoms with van der Waals surface area (Å²) < 4.78 is 1.85. The molecule has 0 unspecified atom stereocenters. The molecule has 0 bridgehead atoms. The van der Waals surface area contributed by atoms with Crippen molar-refractivity contribution in [3.05, 3.63) is 24.0 Å². The molecule has 0 aliphatic carbocycles. The predicted octanol–water partition coefficient (Wildman–Crippen LogP) is 1.76. The molecular weight excluding hydrogens is 124 g/mol. The van der Waals surface area contributed by atoms with Gasteiger partial charge in [-0.05, 0) is 25.5 Å². The SMILES string of the molecule is C=C(C)c1cc(C)n(C)n1. The summed E-state index contributed by atoms with van der Waals surface area (Å²) in [6, 6.07) is 2.03. The average molecular weight is 136 g/mol. The molecule has 1 heterocycles. The van der Waals surface area contributed by atoms with Crippen LogP contribution in [-0.4, -0.2) is 9.78 Å². The standard InChI is InChI=1S/C8H12N2/c1-6(2)8-5-7(3)10(4)9-8/h5H,1H2,2-4H3. The third kappa shape index (κ3) is 1.10. The van der Waals surface area contributed by atoms with Crippen molar-refractivity contribution < 1.29 is 0 Å². The summed E-state index contributed by atoms with van der Waals surface area (Å²) in [5, 5.41) is 4.23. The van der Waals surface area contributed by atoms with Gasteiger partial charge < -0.3 is 0 Å². The van der Waals surface area contributed by atoms with Gasteiger partial charge in [-0.2, -0.15) is 5.10 Å². The van der Waals surface area contributed by atoms with Gasteiger partial charge in [0.2, 0.25) is 0 Å². The number of rotatable bonds is 1. The summed E-state index contributed by atoms with van der Waals surface area (Å²) in [6.45, 7) is 7.79. The Balaban J connectivity index is 3.10. The molecule has 0 radical (unpaired) electrons. The highest BCUT2D eigenvalue weighted by molar-refractivity contribution is 5.57. The van der Waals surface area contributed by atoms with Crippen LogP contribution < -0.4 is 0 Å². The van der Waals surface area contributed by atoms with Crippen LogP contribution in [0.3, 0.4) is 0 Å². The lowest BCUT2D eigenvalue weighted by atomic mass is 10.2. The average Bonchev–Trinajstić information content (AvgIpc) is 2.13. The van der Waals surface area contributed by atoms with Crippen molar-refractivity contribution in [2.75, 3.05) is 0 Å². The number of nitrogens with zero attached hydrogens (tertiary/aromatic N) is 2. The van der Waals surface area contributed by atoms with E-state index in [4.69, 9.17) is 0 Å². The monoisotopic (exact) mass is 136 g/mol. The van der Waals surface area contributed by atoms with Gasteiger partial charge in [-0.1, -0.05) is 6.58 Å². The Morgan fingerprint density at radius 2 is 2.30 bits per heavy atom. The highest BCUT2D eigenvalue weighted by atomic mass is 15.3. The molecule has 2 heteroatoms. The van der Waals surface area contributed by atoms with Crippen LogP contribution in [0.2, 0.25) is 0 Å².